The highest BCUT2D eigenvalue weighted by molar-refractivity contribution is 5.95. The van der Waals surface area contributed by atoms with Gasteiger partial charge in [-0.3, -0.25) is 4.79 Å². The summed E-state index contributed by atoms with van der Waals surface area (Å²) in [6, 6.07) is 3.58. The topological polar surface area (TPSA) is 59.2 Å². The molecule has 1 amide bonds. The van der Waals surface area contributed by atoms with Crippen molar-refractivity contribution >= 4 is 17.4 Å². The fourth-order valence-corrected chi connectivity index (χ4v) is 2.26. The fraction of sp³-hybridized carbons (Fsp3) is 0.500. The zero-order valence-electron chi connectivity index (χ0n) is 9.73. The minimum atomic E-state index is -0.132. The lowest BCUT2D eigenvalue weighted by Gasteiger charge is -2.42. The average Bonchev–Trinajstić information content (AvgIpc) is 2.19. The first-order chi connectivity index (χ1) is 7.50. The number of carbonyl (C=O) groups is 1. The summed E-state index contributed by atoms with van der Waals surface area (Å²) in [5.41, 5.74) is 6.25. The van der Waals surface area contributed by atoms with Crippen LogP contribution in [-0.2, 0) is 4.79 Å². The number of aromatic nitrogens is 1. The van der Waals surface area contributed by atoms with E-state index in [9.17, 15) is 4.79 Å². The molecule has 1 aromatic rings. The highest BCUT2D eigenvalue weighted by Crippen LogP contribution is 2.32. The molecule has 1 aromatic heterocycles. The van der Waals surface area contributed by atoms with Gasteiger partial charge < -0.3 is 10.6 Å². The Morgan fingerprint density at radius 2 is 2.19 bits per heavy atom. The highest BCUT2D eigenvalue weighted by atomic mass is 16.2. The Hall–Kier alpha value is -1.58. The molecule has 4 heteroatoms. The molecule has 2 N–H and O–H groups in total. The second-order valence-electron chi connectivity index (χ2n) is 4.84. The minimum Gasteiger partial charge on any atom is -0.384 e. The van der Waals surface area contributed by atoms with Crippen LogP contribution in [0, 0.1) is 0 Å². The van der Waals surface area contributed by atoms with Crippen molar-refractivity contribution in [1.29, 1.82) is 0 Å². The third-order valence-corrected chi connectivity index (χ3v) is 3.06. The van der Waals surface area contributed by atoms with Crippen molar-refractivity contribution in [3.63, 3.8) is 0 Å². The molecule has 0 atom stereocenters. The third kappa shape index (κ3) is 1.87. The minimum absolute atomic E-state index is 0.132. The number of nitrogens with zero attached hydrogens (tertiary/aromatic N) is 2. The molecule has 86 valence electrons. The number of nitrogens with two attached hydrogens (primary N) is 1. The lowest BCUT2D eigenvalue weighted by molar-refractivity contribution is -0.121. The molecule has 2 heterocycles. The molecular weight excluding hydrogens is 202 g/mol. The first-order valence-electron chi connectivity index (χ1n) is 5.55. The molecule has 1 saturated heterocycles. The Kier molecular flexibility index (Phi) is 2.58. The largest absolute Gasteiger partial charge is 0.384 e. The number of nitrogen functional groups attached to an aromatic ring is 1. The molecule has 1 aliphatic heterocycles. The van der Waals surface area contributed by atoms with E-state index in [-0.39, 0.29) is 11.4 Å². The lowest BCUT2D eigenvalue weighted by atomic mass is 9.89. The maximum Gasteiger partial charge on any atom is 0.227 e. The maximum absolute atomic E-state index is 12.0. The van der Waals surface area contributed by atoms with Gasteiger partial charge >= 0.3 is 0 Å². The van der Waals surface area contributed by atoms with Crippen LogP contribution in [0.15, 0.2) is 18.3 Å². The van der Waals surface area contributed by atoms with Crippen molar-refractivity contribution in [3.05, 3.63) is 18.3 Å². The molecule has 0 unspecified atom stereocenters. The molecule has 0 saturated carbocycles. The van der Waals surface area contributed by atoms with Gasteiger partial charge in [-0.15, -0.1) is 0 Å². The second-order valence-corrected chi connectivity index (χ2v) is 4.84. The molecule has 1 aliphatic rings. The van der Waals surface area contributed by atoms with Gasteiger partial charge in [0.2, 0.25) is 5.91 Å². The molecular formula is C12H17N3O. The molecule has 1 fully saturated rings. The van der Waals surface area contributed by atoms with Gasteiger partial charge in [-0.2, -0.15) is 0 Å². The van der Waals surface area contributed by atoms with Gasteiger partial charge in [0.05, 0.1) is 11.9 Å². The molecule has 0 aromatic carbocycles. The summed E-state index contributed by atoms with van der Waals surface area (Å²) in [7, 11) is 0. The summed E-state index contributed by atoms with van der Waals surface area (Å²) < 4.78 is 0. The normalized spacial score (nSPS) is 19.9. The summed E-state index contributed by atoms with van der Waals surface area (Å²) in [6.07, 6.45) is 4.27. The summed E-state index contributed by atoms with van der Waals surface area (Å²) in [6.45, 7) is 4.17. The molecule has 0 spiro atoms. The van der Waals surface area contributed by atoms with E-state index in [0.29, 0.717) is 12.2 Å². The van der Waals surface area contributed by atoms with Crippen LogP contribution < -0.4 is 10.6 Å². The van der Waals surface area contributed by atoms with Gasteiger partial charge in [0.1, 0.15) is 5.82 Å². The Morgan fingerprint density at radius 3 is 2.75 bits per heavy atom. The number of carbonyl (C=O) groups excluding carboxylic acids is 1. The van der Waals surface area contributed by atoms with E-state index in [1.807, 2.05) is 11.0 Å². The van der Waals surface area contributed by atoms with Crippen molar-refractivity contribution in [1.82, 2.24) is 4.98 Å². The van der Waals surface area contributed by atoms with Crippen LogP contribution in [0.4, 0.5) is 11.5 Å². The first-order valence-corrected chi connectivity index (χ1v) is 5.55. The number of amides is 1. The van der Waals surface area contributed by atoms with E-state index in [1.165, 1.54) is 0 Å². The van der Waals surface area contributed by atoms with Gasteiger partial charge in [-0.1, -0.05) is 0 Å². The van der Waals surface area contributed by atoms with Gasteiger partial charge in [0, 0.05) is 12.0 Å². The Morgan fingerprint density at radius 1 is 1.44 bits per heavy atom. The van der Waals surface area contributed by atoms with E-state index in [1.54, 1.807) is 12.3 Å². The molecule has 4 nitrogen and oxygen atoms in total. The van der Waals surface area contributed by atoms with Crippen molar-refractivity contribution in [2.75, 3.05) is 10.6 Å². The van der Waals surface area contributed by atoms with Crippen molar-refractivity contribution in [2.24, 2.45) is 0 Å². The van der Waals surface area contributed by atoms with E-state index in [4.69, 9.17) is 5.73 Å². The number of hydrogen-bond acceptors (Lipinski definition) is 3. The van der Waals surface area contributed by atoms with E-state index < -0.39 is 0 Å². The smallest absolute Gasteiger partial charge is 0.227 e. The van der Waals surface area contributed by atoms with Crippen LogP contribution in [0.3, 0.4) is 0 Å². The van der Waals surface area contributed by atoms with Crippen molar-refractivity contribution < 1.29 is 4.79 Å². The number of anilines is 2. The van der Waals surface area contributed by atoms with Crippen LogP contribution >= 0.6 is 0 Å². The average molecular weight is 219 g/mol. The monoisotopic (exact) mass is 219 g/mol. The third-order valence-electron chi connectivity index (χ3n) is 3.06. The molecule has 0 aliphatic carbocycles. The second kappa shape index (κ2) is 3.77. The van der Waals surface area contributed by atoms with Crippen LogP contribution in [0.1, 0.15) is 33.1 Å². The lowest BCUT2D eigenvalue weighted by Crippen LogP contribution is -2.51. The van der Waals surface area contributed by atoms with Crippen molar-refractivity contribution in [2.45, 2.75) is 38.6 Å². The molecule has 2 rings (SSSR count). The van der Waals surface area contributed by atoms with E-state index in [2.05, 4.69) is 18.8 Å². The van der Waals surface area contributed by atoms with E-state index in [0.717, 1.165) is 18.5 Å². The number of piperidine rings is 1. The quantitative estimate of drug-likeness (QED) is 0.785. The van der Waals surface area contributed by atoms with Crippen molar-refractivity contribution in [3.8, 4) is 0 Å². The standard InChI is InChI=1S/C12H17N3O/c1-12(2)7-3-4-11(16)15(12)9-5-6-10(13)14-8-9/h5-6,8H,3-4,7H2,1-2H3,(H2,13,14). The summed E-state index contributed by atoms with van der Waals surface area (Å²) in [5.74, 6) is 0.647. The molecule has 0 radical (unpaired) electrons. The summed E-state index contributed by atoms with van der Waals surface area (Å²) >= 11 is 0. The van der Waals surface area contributed by atoms with Crippen LogP contribution in [-0.4, -0.2) is 16.4 Å². The first kappa shape index (κ1) is 10.9. The SMILES string of the molecule is CC1(C)CCCC(=O)N1c1ccc(N)nc1. The Bertz CT molecular complexity index is 397. The predicted octanol–water partition coefficient (Wildman–Crippen LogP) is 1.96. The summed E-state index contributed by atoms with van der Waals surface area (Å²) in [4.78, 5) is 17.8. The number of pyridine rings is 1. The predicted molar refractivity (Wildman–Crippen MR) is 64.1 cm³/mol. The fourth-order valence-electron chi connectivity index (χ4n) is 2.26. The van der Waals surface area contributed by atoms with Gasteiger partial charge in [0.15, 0.2) is 0 Å². The number of hydrogen-bond donors (Lipinski definition) is 1. The van der Waals surface area contributed by atoms with Gasteiger partial charge in [-0.05, 0) is 38.8 Å². The zero-order valence-corrected chi connectivity index (χ0v) is 9.73. The van der Waals surface area contributed by atoms with Crippen LogP contribution in [0.2, 0.25) is 0 Å². The van der Waals surface area contributed by atoms with Gasteiger partial charge in [0.25, 0.3) is 0 Å². The van der Waals surface area contributed by atoms with Gasteiger partial charge in [-0.25, -0.2) is 4.98 Å². The molecule has 16 heavy (non-hydrogen) atoms. The molecule has 0 bridgehead atoms. The Labute approximate surface area is 95.5 Å². The number of rotatable bonds is 1. The Balaban J connectivity index is 2.36. The van der Waals surface area contributed by atoms with Crippen LogP contribution in [0.5, 0.6) is 0 Å². The zero-order chi connectivity index (χ0) is 11.8. The van der Waals surface area contributed by atoms with Crippen LogP contribution in [0.25, 0.3) is 0 Å². The summed E-state index contributed by atoms with van der Waals surface area (Å²) in [5, 5.41) is 0. The highest BCUT2D eigenvalue weighted by Gasteiger charge is 2.35. The van der Waals surface area contributed by atoms with E-state index >= 15 is 0 Å². The maximum atomic E-state index is 12.0.